The van der Waals surface area contributed by atoms with E-state index in [9.17, 15) is 4.79 Å². The lowest BCUT2D eigenvalue weighted by Gasteiger charge is -2.03. The average Bonchev–Trinajstić information content (AvgIpc) is 2.39. The van der Waals surface area contributed by atoms with Crippen molar-refractivity contribution in [1.82, 2.24) is 9.97 Å². The number of rotatable bonds is 1. The van der Waals surface area contributed by atoms with E-state index in [2.05, 4.69) is 9.97 Å². The molecular weight excluding hydrogens is 244 g/mol. The highest BCUT2D eigenvalue weighted by molar-refractivity contribution is 7.21. The van der Waals surface area contributed by atoms with E-state index in [1.807, 2.05) is 37.3 Å². The molecule has 3 nitrogen and oxygen atoms in total. The van der Waals surface area contributed by atoms with Crippen molar-refractivity contribution in [2.75, 3.05) is 0 Å². The van der Waals surface area contributed by atoms with E-state index in [1.165, 1.54) is 11.3 Å². The Morgan fingerprint density at radius 2 is 1.94 bits per heavy atom. The lowest BCUT2D eigenvalue weighted by molar-refractivity contribution is 1.22. The van der Waals surface area contributed by atoms with E-state index in [-0.39, 0.29) is 5.56 Å². The maximum Gasteiger partial charge on any atom is 0.279 e. The molecule has 4 heteroatoms. The third kappa shape index (κ3) is 1.80. The zero-order valence-electron chi connectivity index (χ0n) is 9.75. The molecule has 3 rings (SSSR count). The summed E-state index contributed by atoms with van der Waals surface area (Å²) < 4.78 is 0.942. The van der Waals surface area contributed by atoms with E-state index < -0.39 is 0 Å². The molecule has 0 N–H and O–H groups in total. The Balaban J connectivity index is 2.32. The van der Waals surface area contributed by atoms with Crippen molar-refractivity contribution in [3.05, 3.63) is 58.5 Å². The highest BCUT2D eigenvalue weighted by Gasteiger charge is 2.09. The monoisotopic (exact) mass is 254 g/mol. The normalized spacial score (nSPS) is 10.7. The second-order valence-electron chi connectivity index (χ2n) is 3.99. The van der Waals surface area contributed by atoms with Crippen molar-refractivity contribution < 1.29 is 0 Å². The Morgan fingerprint density at radius 1 is 1.11 bits per heavy atom. The second kappa shape index (κ2) is 4.31. The molecule has 0 unspecified atom stereocenters. The number of aryl methyl sites for hydroxylation is 1. The minimum absolute atomic E-state index is 0.190. The molecule has 0 fully saturated rings. The van der Waals surface area contributed by atoms with Gasteiger partial charge in [-0.1, -0.05) is 18.2 Å². The Hall–Kier alpha value is -2.07. The summed E-state index contributed by atoms with van der Waals surface area (Å²) in [6, 6.07) is 11.4. The van der Waals surface area contributed by atoms with Crippen LogP contribution in [0.25, 0.3) is 20.8 Å². The van der Waals surface area contributed by atoms with Crippen molar-refractivity contribution in [3.8, 4) is 10.7 Å². The highest BCUT2D eigenvalue weighted by atomic mass is 32.1. The van der Waals surface area contributed by atoms with Gasteiger partial charge in [0.25, 0.3) is 5.56 Å². The molecule has 0 amide bonds. The average molecular weight is 254 g/mol. The lowest BCUT2D eigenvalue weighted by Crippen LogP contribution is -2.06. The fourth-order valence-electron chi connectivity index (χ4n) is 1.82. The van der Waals surface area contributed by atoms with Gasteiger partial charge in [-0.05, 0) is 30.7 Å². The summed E-state index contributed by atoms with van der Waals surface area (Å²) in [6.07, 6.45) is 1.72. The molecule has 0 spiro atoms. The first-order valence-electron chi connectivity index (χ1n) is 5.57. The van der Waals surface area contributed by atoms with E-state index in [0.717, 1.165) is 16.0 Å². The summed E-state index contributed by atoms with van der Waals surface area (Å²) >= 11 is 1.49. The molecule has 0 bridgehead atoms. The van der Waals surface area contributed by atoms with Crippen LogP contribution in [-0.4, -0.2) is 9.97 Å². The zero-order valence-corrected chi connectivity index (χ0v) is 10.6. The Bertz CT molecular complexity index is 780. The van der Waals surface area contributed by atoms with E-state index in [4.69, 9.17) is 0 Å². The molecule has 0 aliphatic heterocycles. The second-order valence-corrected chi connectivity index (χ2v) is 5.02. The van der Waals surface area contributed by atoms with Crippen LogP contribution >= 0.6 is 11.3 Å². The van der Waals surface area contributed by atoms with Crippen LogP contribution in [-0.2, 0) is 0 Å². The topological polar surface area (TPSA) is 42.9 Å². The van der Waals surface area contributed by atoms with Crippen LogP contribution in [0.15, 0.2) is 47.4 Å². The van der Waals surface area contributed by atoms with Gasteiger partial charge in [0.05, 0.1) is 5.39 Å². The Labute approximate surface area is 108 Å². The summed E-state index contributed by atoms with van der Waals surface area (Å²) in [6.45, 7) is 1.97. The molecule has 2 heterocycles. The Morgan fingerprint density at radius 3 is 2.78 bits per heavy atom. The molecule has 0 aliphatic carbocycles. The first kappa shape index (κ1) is 11.0. The van der Waals surface area contributed by atoms with E-state index in [0.29, 0.717) is 10.4 Å². The summed E-state index contributed by atoms with van der Waals surface area (Å²) in [7, 11) is 0. The minimum Gasteiger partial charge on any atom is -0.267 e. The molecule has 2 aromatic heterocycles. The zero-order chi connectivity index (χ0) is 12.5. The van der Waals surface area contributed by atoms with Gasteiger partial charge in [0, 0.05) is 10.9 Å². The van der Waals surface area contributed by atoms with Gasteiger partial charge in [-0.15, -0.1) is 11.3 Å². The fourth-order valence-corrected chi connectivity index (χ4v) is 2.88. The van der Waals surface area contributed by atoms with Crippen LogP contribution in [0.5, 0.6) is 0 Å². The first-order valence-corrected chi connectivity index (χ1v) is 6.39. The minimum atomic E-state index is -0.190. The van der Waals surface area contributed by atoms with Crippen molar-refractivity contribution >= 4 is 21.4 Å². The predicted molar refractivity (Wildman–Crippen MR) is 73.9 cm³/mol. The summed E-state index contributed by atoms with van der Waals surface area (Å²) in [4.78, 5) is 20.4. The van der Waals surface area contributed by atoms with E-state index in [1.54, 1.807) is 12.3 Å². The molecular formula is C14H10N2OS. The summed E-state index contributed by atoms with van der Waals surface area (Å²) in [5, 5.41) is 1.34. The standard InChI is InChI=1S/C14H10N2OS/c1-9-5-4-8-15-12(9)14-16-13(17)10-6-2-3-7-11(10)18-14/h2-8H,1H3. The number of pyridine rings is 1. The molecule has 18 heavy (non-hydrogen) atoms. The third-order valence-corrected chi connectivity index (χ3v) is 3.79. The van der Waals surface area contributed by atoms with Crippen LogP contribution in [0.4, 0.5) is 0 Å². The fraction of sp³-hybridized carbons (Fsp3) is 0.0714. The van der Waals surface area contributed by atoms with E-state index >= 15 is 0 Å². The third-order valence-electron chi connectivity index (χ3n) is 2.74. The molecule has 0 saturated carbocycles. The van der Waals surface area contributed by atoms with Crippen molar-refractivity contribution in [2.45, 2.75) is 6.92 Å². The number of fused-ring (bicyclic) bond motifs is 1. The Kier molecular flexibility index (Phi) is 2.64. The number of aromatic nitrogens is 2. The van der Waals surface area contributed by atoms with Gasteiger partial charge >= 0.3 is 0 Å². The van der Waals surface area contributed by atoms with Gasteiger partial charge in [0.1, 0.15) is 10.7 Å². The van der Waals surface area contributed by atoms with Crippen LogP contribution in [0.2, 0.25) is 0 Å². The quantitative estimate of drug-likeness (QED) is 0.670. The maximum absolute atomic E-state index is 12.0. The largest absolute Gasteiger partial charge is 0.279 e. The number of hydrogen-bond acceptors (Lipinski definition) is 4. The molecule has 0 atom stereocenters. The molecule has 1 aromatic carbocycles. The van der Waals surface area contributed by atoms with Gasteiger partial charge in [0.2, 0.25) is 0 Å². The number of hydrogen-bond donors (Lipinski definition) is 0. The molecule has 3 aromatic rings. The number of benzene rings is 1. The molecule has 0 radical (unpaired) electrons. The van der Waals surface area contributed by atoms with Gasteiger partial charge < -0.3 is 0 Å². The van der Waals surface area contributed by atoms with Crippen LogP contribution in [0.1, 0.15) is 5.56 Å². The molecule has 0 saturated heterocycles. The van der Waals surface area contributed by atoms with Gasteiger partial charge in [-0.25, -0.2) is 0 Å². The van der Waals surface area contributed by atoms with Crippen LogP contribution in [0, 0.1) is 6.92 Å². The van der Waals surface area contributed by atoms with Gasteiger partial charge in [-0.3, -0.25) is 9.78 Å². The summed E-state index contributed by atoms with van der Waals surface area (Å²) in [5.41, 5.74) is 1.62. The van der Waals surface area contributed by atoms with Crippen molar-refractivity contribution in [1.29, 1.82) is 0 Å². The van der Waals surface area contributed by atoms with Crippen molar-refractivity contribution in [2.24, 2.45) is 0 Å². The SMILES string of the molecule is Cc1cccnc1-c1nc(=O)c2ccccc2s1. The van der Waals surface area contributed by atoms with Crippen LogP contribution < -0.4 is 5.56 Å². The van der Waals surface area contributed by atoms with Gasteiger partial charge in [0.15, 0.2) is 0 Å². The predicted octanol–water partition coefficient (Wildman–Crippen LogP) is 3.03. The van der Waals surface area contributed by atoms with Gasteiger partial charge in [-0.2, -0.15) is 4.98 Å². The highest BCUT2D eigenvalue weighted by Crippen LogP contribution is 2.26. The number of nitrogens with zero attached hydrogens (tertiary/aromatic N) is 2. The van der Waals surface area contributed by atoms with Crippen LogP contribution in [0.3, 0.4) is 0 Å². The molecule has 0 aliphatic rings. The maximum atomic E-state index is 12.0. The lowest BCUT2D eigenvalue weighted by atomic mass is 10.2. The first-order chi connectivity index (χ1) is 8.75. The van der Waals surface area contributed by atoms with Crippen molar-refractivity contribution in [3.63, 3.8) is 0 Å². The summed E-state index contributed by atoms with van der Waals surface area (Å²) in [5.74, 6) is 0. The smallest absolute Gasteiger partial charge is 0.267 e. The molecule has 88 valence electrons.